The molecule has 0 fully saturated rings. The molecule has 4 heteroatoms. The van der Waals surface area contributed by atoms with E-state index in [1.165, 1.54) is 0 Å². The number of aromatic nitrogens is 1. The maximum Gasteiger partial charge on any atom is 0.341 e. The zero-order valence-electron chi connectivity index (χ0n) is 10.7. The molecular formula is C13H20N2O2. The minimum atomic E-state index is -0.327. The van der Waals surface area contributed by atoms with Crippen LogP contribution in [-0.2, 0) is 4.74 Å². The highest BCUT2D eigenvalue weighted by molar-refractivity contribution is 5.94. The monoisotopic (exact) mass is 236 g/mol. The van der Waals surface area contributed by atoms with E-state index in [9.17, 15) is 4.79 Å². The van der Waals surface area contributed by atoms with Gasteiger partial charge in [0.2, 0.25) is 0 Å². The largest absolute Gasteiger partial charge is 0.462 e. The molecule has 1 atom stereocenters. The smallest absolute Gasteiger partial charge is 0.341 e. The molecule has 0 saturated carbocycles. The summed E-state index contributed by atoms with van der Waals surface area (Å²) < 4.78 is 4.98. The van der Waals surface area contributed by atoms with E-state index in [-0.39, 0.29) is 5.97 Å². The fourth-order valence-corrected chi connectivity index (χ4v) is 1.33. The van der Waals surface area contributed by atoms with Crippen LogP contribution in [0.1, 0.15) is 37.6 Å². The molecule has 0 aliphatic heterocycles. The SMILES string of the molecule is CCOC(=O)c1cccnc1NC[C@@H](C)CC. The second-order valence-electron chi connectivity index (χ2n) is 4.01. The van der Waals surface area contributed by atoms with Crippen LogP contribution in [0.2, 0.25) is 0 Å². The molecular weight excluding hydrogens is 216 g/mol. The molecule has 1 N–H and O–H groups in total. The number of hydrogen-bond acceptors (Lipinski definition) is 4. The number of carbonyl (C=O) groups is 1. The van der Waals surface area contributed by atoms with Gasteiger partial charge in [0.15, 0.2) is 0 Å². The molecule has 94 valence electrons. The van der Waals surface area contributed by atoms with Gasteiger partial charge in [0.05, 0.1) is 6.61 Å². The van der Waals surface area contributed by atoms with Crippen LogP contribution in [0.15, 0.2) is 18.3 Å². The number of nitrogens with one attached hydrogen (secondary N) is 1. The summed E-state index contributed by atoms with van der Waals surface area (Å²) >= 11 is 0. The quantitative estimate of drug-likeness (QED) is 0.771. The van der Waals surface area contributed by atoms with Gasteiger partial charge >= 0.3 is 5.97 Å². The number of hydrogen-bond donors (Lipinski definition) is 1. The van der Waals surface area contributed by atoms with Crippen LogP contribution in [0.25, 0.3) is 0 Å². The van der Waals surface area contributed by atoms with E-state index in [0.717, 1.165) is 13.0 Å². The van der Waals surface area contributed by atoms with Crippen LogP contribution in [0, 0.1) is 5.92 Å². The Hall–Kier alpha value is -1.58. The Morgan fingerprint density at radius 3 is 2.94 bits per heavy atom. The number of carbonyl (C=O) groups excluding carboxylic acids is 1. The molecule has 0 unspecified atom stereocenters. The molecule has 0 aliphatic carbocycles. The standard InChI is InChI=1S/C13H20N2O2/c1-4-10(3)9-15-12-11(7-6-8-14-12)13(16)17-5-2/h6-8,10H,4-5,9H2,1-3H3,(H,14,15)/t10-/m0/s1. The first-order valence-electron chi connectivity index (χ1n) is 6.05. The summed E-state index contributed by atoms with van der Waals surface area (Å²) in [5.74, 6) is 0.825. The molecule has 0 aromatic carbocycles. The van der Waals surface area contributed by atoms with Gasteiger partial charge in [-0.1, -0.05) is 20.3 Å². The number of ether oxygens (including phenoxy) is 1. The summed E-state index contributed by atoms with van der Waals surface area (Å²) in [6, 6.07) is 3.46. The Kier molecular flexibility index (Phi) is 5.46. The molecule has 1 rings (SSSR count). The third-order valence-corrected chi connectivity index (χ3v) is 2.62. The average Bonchev–Trinajstić information content (AvgIpc) is 2.36. The van der Waals surface area contributed by atoms with Crippen molar-refractivity contribution in [2.45, 2.75) is 27.2 Å². The van der Waals surface area contributed by atoms with Crippen LogP contribution >= 0.6 is 0 Å². The van der Waals surface area contributed by atoms with Crippen molar-refractivity contribution in [1.82, 2.24) is 4.98 Å². The van der Waals surface area contributed by atoms with E-state index < -0.39 is 0 Å². The molecule has 17 heavy (non-hydrogen) atoms. The molecule has 0 saturated heterocycles. The minimum absolute atomic E-state index is 0.327. The Bertz CT molecular complexity index is 366. The Morgan fingerprint density at radius 1 is 1.53 bits per heavy atom. The van der Waals surface area contributed by atoms with Crippen molar-refractivity contribution < 1.29 is 9.53 Å². The minimum Gasteiger partial charge on any atom is -0.462 e. The molecule has 0 amide bonds. The van der Waals surface area contributed by atoms with Crippen molar-refractivity contribution in [1.29, 1.82) is 0 Å². The Morgan fingerprint density at radius 2 is 2.29 bits per heavy atom. The van der Waals surface area contributed by atoms with Gasteiger partial charge in [-0.3, -0.25) is 0 Å². The van der Waals surface area contributed by atoms with Gasteiger partial charge in [0.25, 0.3) is 0 Å². The lowest BCUT2D eigenvalue weighted by Gasteiger charge is -2.13. The molecule has 1 aromatic rings. The van der Waals surface area contributed by atoms with E-state index in [2.05, 4.69) is 24.1 Å². The lowest BCUT2D eigenvalue weighted by Crippen LogP contribution is -2.15. The molecule has 0 radical (unpaired) electrons. The number of nitrogens with zero attached hydrogens (tertiary/aromatic N) is 1. The topological polar surface area (TPSA) is 51.2 Å². The van der Waals surface area contributed by atoms with Crippen LogP contribution in [-0.4, -0.2) is 24.1 Å². The number of anilines is 1. The fraction of sp³-hybridized carbons (Fsp3) is 0.538. The first kappa shape index (κ1) is 13.5. The highest BCUT2D eigenvalue weighted by Gasteiger charge is 2.13. The van der Waals surface area contributed by atoms with Gasteiger partial charge in [-0.25, -0.2) is 9.78 Å². The second-order valence-corrected chi connectivity index (χ2v) is 4.01. The van der Waals surface area contributed by atoms with Crippen molar-refractivity contribution in [3.8, 4) is 0 Å². The summed E-state index contributed by atoms with van der Waals surface area (Å²) in [7, 11) is 0. The molecule has 1 heterocycles. The Labute approximate surface area is 102 Å². The lowest BCUT2D eigenvalue weighted by atomic mass is 10.1. The van der Waals surface area contributed by atoms with Crippen LogP contribution in [0.5, 0.6) is 0 Å². The maximum absolute atomic E-state index is 11.7. The molecule has 4 nitrogen and oxygen atoms in total. The predicted octanol–water partition coefficient (Wildman–Crippen LogP) is 2.72. The summed E-state index contributed by atoms with van der Waals surface area (Å²) in [6.07, 6.45) is 2.76. The first-order valence-corrected chi connectivity index (χ1v) is 6.05. The normalized spacial score (nSPS) is 11.9. The third-order valence-electron chi connectivity index (χ3n) is 2.62. The second kappa shape index (κ2) is 6.89. The van der Waals surface area contributed by atoms with Crippen molar-refractivity contribution in [2.24, 2.45) is 5.92 Å². The first-order chi connectivity index (χ1) is 8.19. The van der Waals surface area contributed by atoms with Gasteiger partial charge in [-0.2, -0.15) is 0 Å². The maximum atomic E-state index is 11.7. The van der Waals surface area contributed by atoms with Gasteiger partial charge in [0.1, 0.15) is 11.4 Å². The predicted molar refractivity (Wildman–Crippen MR) is 68.1 cm³/mol. The van der Waals surface area contributed by atoms with Gasteiger partial charge in [-0.15, -0.1) is 0 Å². The summed E-state index contributed by atoms with van der Waals surface area (Å²) in [4.78, 5) is 15.9. The van der Waals surface area contributed by atoms with Crippen LogP contribution in [0.3, 0.4) is 0 Å². The molecule has 0 bridgehead atoms. The zero-order chi connectivity index (χ0) is 12.7. The highest BCUT2D eigenvalue weighted by atomic mass is 16.5. The number of esters is 1. The fourth-order valence-electron chi connectivity index (χ4n) is 1.33. The number of rotatable bonds is 6. The molecule has 0 aliphatic rings. The van der Waals surface area contributed by atoms with E-state index in [4.69, 9.17) is 4.74 Å². The number of pyridine rings is 1. The van der Waals surface area contributed by atoms with E-state index >= 15 is 0 Å². The zero-order valence-corrected chi connectivity index (χ0v) is 10.7. The highest BCUT2D eigenvalue weighted by Crippen LogP contribution is 2.14. The molecule has 0 spiro atoms. The van der Waals surface area contributed by atoms with Gasteiger partial charge < -0.3 is 10.1 Å². The van der Waals surface area contributed by atoms with Gasteiger partial charge in [-0.05, 0) is 25.0 Å². The van der Waals surface area contributed by atoms with E-state index in [1.807, 2.05) is 0 Å². The van der Waals surface area contributed by atoms with E-state index in [1.54, 1.807) is 25.3 Å². The van der Waals surface area contributed by atoms with Crippen molar-refractivity contribution in [3.05, 3.63) is 23.9 Å². The lowest BCUT2D eigenvalue weighted by molar-refractivity contribution is 0.0527. The van der Waals surface area contributed by atoms with Crippen molar-refractivity contribution >= 4 is 11.8 Å². The average molecular weight is 236 g/mol. The summed E-state index contributed by atoms with van der Waals surface area (Å²) in [6.45, 7) is 7.26. The van der Waals surface area contributed by atoms with Crippen LogP contribution in [0.4, 0.5) is 5.82 Å². The van der Waals surface area contributed by atoms with Crippen molar-refractivity contribution in [2.75, 3.05) is 18.5 Å². The third kappa shape index (κ3) is 4.06. The Balaban J connectivity index is 2.74. The molecule has 1 aromatic heterocycles. The summed E-state index contributed by atoms with van der Waals surface area (Å²) in [5, 5.41) is 3.19. The van der Waals surface area contributed by atoms with Crippen molar-refractivity contribution in [3.63, 3.8) is 0 Å². The summed E-state index contributed by atoms with van der Waals surface area (Å²) in [5.41, 5.74) is 0.498. The van der Waals surface area contributed by atoms with Gasteiger partial charge in [0, 0.05) is 12.7 Å². The van der Waals surface area contributed by atoms with E-state index in [0.29, 0.717) is 23.9 Å². The van der Waals surface area contributed by atoms with Crippen LogP contribution < -0.4 is 5.32 Å².